The molecule has 2 N–H and O–H groups in total. The van der Waals surface area contributed by atoms with Crippen molar-refractivity contribution in [2.45, 2.75) is 19.3 Å². The van der Waals surface area contributed by atoms with Gasteiger partial charge in [0.1, 0.15) is 11.6 Å². The van der Waals surface area contributed by atoms with Crippen molar-refractivity contribution in [3.8, 4) is 0 Å². The van der Waals surface area contributed by atoms with Gasteiger partial charge >= 0.3 is 6.03 Å². The third kappa shape index (κ3) is 5.13. The average Bonchev–Trinajstić information content (AvgIpc) is 3.22. The molecule has 2 amide bonds. The van der Waals surface area contributed by atoms with Crippen molar-refractivity contribution < 1.29 is 18.3 Å². The Kier molecular flexibility index (Phi) is 5.29. The van der Waals surface area contributed by atoms with E-state index in [1.54, 1.807) is 0 Å². The Balaban J connectivity index is 1.60. The highest BCUT2D eigenvalue weighted by Gasteiger charge is 2.20. The molecule has 4 nitrogen and oxygen atoms in total. The van der Waals surface area contributed by atoms with Crippen LogP contribution in [0.3, 0.4) is 0 Å². The molecule has 0 aliphatic heterocycles. The predicted molar refractivity (Wildman–Crippen MR) is 71.5 cm³/mol. The summed E-state index contributed by atoms with van der Waals surface area (Å²) in [6.07, 6.45) is 3.19. The van der Waals surface area contributed by atoms with Crippen LogP contribution < -0.4 is 10.6 Å². The average molecular weight is 284 g/mol. The molecule has 6 heteroatoms. The molecule has 0 saturated heterocycles. The largest absolute Gasteiger partial charge is 0.381 e. The Morgan fingerprint density at radius 3 is 2.90 bits per heavy atom. The second-order valence-corrected chi connectivity index (χ2v) is 4.88. The Morgan fingerprint density at radius 1 is 1.35 bits per heavy atom. The van der Waals surface area contributed by atoms with Crippen LogP contribution in [0.15, 0.2) is 18.2 Å². The summed E-state index contributed by atoms with van der Waals surface area (Å²) in [5, 5.41) is 4.83. The Bertz CT molecular complexity index is 464. The molecule has 0 aromatic heterocycles. The van der Waals surface area contributed by atoms with E-state index in [0.717, 1.165) is 30.7 Å². The standard InChI is InChI=1S/C14H18F2N2O2/c15-11-4-5-12(16)13(8-11)18-14(19)17-6-1-7-20-9-10-2-3-10/h4-5,8,10H,1-3,6-7,9H2,(H2,17,18,19). The van der Waals surface area contributed by atoms with E-state index in [2.05, 4.69) is 10.6 Å². The van der Waals surface area contributed by atoms with Gasteiger partial charge in [-0.1, -0.05) is 0 Å². The van der Waals surface area contributed by atoms with Crippen molar-refractivity contribution in [1.82, 2.24) is 5.32 Å². The molecular formula is C14H18F2N2O2. The van der Waals surface area contributed by atoms with E-state index >= 15 is 0 Å². The second-order valence-electron chi connectivity index (χ2n) is 4.88. The van der Waals surface area contributed by atoms with Crippen LogP contribution in [0, 0.1) is 17.6 Å². The quantitative estimate of drug-likeness (QED) is 0.756. The number of carbonyl (C=O) groups excluding carboxylic acids is 1. The van der Waals surface area contributed by atoms with Crippen molar-refractivity contribution in [2.24, 2.45) is 5.92 Å². The normalized spacial score (nSPS) is 14.1. The molecule has 0 atom stereocenters. The van der Waals surface area contributed by atoms with E-state index in [4.69, 9.17) is 4.74 Å². The lowest BCUT2D eigenvalue weighted by Crippen LogP contribution is -2.30. The lowest BCUT2D eigenvalue weighted by atomic mass is 10.3. The van der Waals surface area contributed by atoms with Crippen LogP contribution in [0.1, 0.15) is 19.3 Å². The second kappa shape index (κ2) is 7.19. The van der Waals surface area contributed by atoms with Gasteiger partial charge in [-0.3, -0.25) is 0 Å². The molecule has 0 unspecified atom stereocenters. The van der Waals surface area contributed by atoms with Crippen molar-refractivity contribution in [1.29, 1.82) is 0 Å². The van der Waals surface area contributed by atoms with Crippen LogP contribution in [-0.2, 0) is 4.74 Å². The number of benzene rings is 1. The number of ether oxygens (including phenoxy) is 1. The first kappa shape index (κ1) is 14.7. The maximum atomic E-state index is 13.3. The highest BCUT2D eigenvalue weighted by atomic mass is 19.1. The van der Waals surface area contributed by atoms with Gasteiger partial charge in [0.2, 0.25) is 0 Å². The molecule has 1 fully saturated rings. The molecule has 1 aliphatic carbocycles. The Morgan fingerprint density at radius 2 is 2.15 bits per heavy atom. The summed E-state index contributed by atoms with van der Waals surface area (Å²) in [5.74, 6) is -0.549. The highest BCUT2D eigenvalue weighted by Crippen LogP contribution is 2.28. The molecule has 1 aromatic rings. The minimum atomic E-state index is -0.672. The molecule has 20 heavy (non-hydrogen) atoms. The van der Waals surface area contributed by atoms with Gasteiger partial charge in [-0.2, -0.15) is 0 Å². The fourth-order valence-electron chi connectivity index (χ4n) is 1.67. The van der Waals surface area contributed by atoms with Crippen LogP contribution >= 0.6 is 0 Å². The van der Waals surface area contributed by atoms with E-state index in [9.17, 15) is 13.6 Å². The molecule has 1 saturated carbocycles. The summed E-state index contributed by atoms with van der Waals surface area (Å²) < 4.78 is 31.6. The smallest absolute Gasteiger partial charge is 0.319 e. The van der Waals surface area contributed by atoms with E-state index in [1.165, 1.54) is 12.8 Å². The van der Waals surface area contributed by atoms with Crippen molar-refractivity contribution in [2.75, 3.05) is 25.1 Å². The van der Waals surface area contributed by atoms with Gasteiger partial charge in [-0.15, -0.1) is 0 Å². The molecule has 0 bridgehead atoms. The summed E-state index contributed by atoms with van der Waals surface area (Å²) in [6, 6.07) is 2.34. The van der Waals surface area contributed by atoms with Crippen molar-refractivity contribution in [3.63, 3.8) is 0 Å². The van der Waals surface area contributed by atoms with E-state index in [0.29, 0.717) is 19.6 Å². The number of halogens is 2. The van der Waals surface area contributed by atoms with Crippen LogP contribution in [-0.4, -0.2) is 25.8 Å². The van der Waals surface area contributed by atoms with Crippen LogP contribution in [0.4, 0.5) is 19.3 Å². The summed E-state index contributed by atoms with van der Waals surface area (Å²) in [7, 11) is 0. The van der Waals surface area contributed by atoms with Gasteiger partial charge in [-0.05, 0) is 37.3 Å². The molecule has 1 aromatic carbocycles. The Labute approximate surface area is 116 Å². The zero-order chi connectivity index (χ0) is 14.4. The number of hydrogen-bond donors (Lipinski definition) is 2. The monoisotopic (exact) mass is 284 g/mol. The third-order valence-electron chi connectivity index (χ3n) is 2.98. The number of urea groups is 1. The van der Waals surface area contributed by atoms with Gasteiger partial charge in [0.25, 0.3) is 0 Å². The molecule has 0 spiro atoms. The topological polar surface area (TPSA) is 50.4 Å². The number of rotatable bonds is 7. The number of nitrogens with one attached hydrogen (secondary N) is 2. The lowest BCUT2D eigenvalue weighted by Gasteiger charge is -2.08. The summed E-state index contributed by atoms with van der Waals surface area (Å²) >= 11 is 0. The summed E-state index contributed by atoms with van der Waals surface area (Å²) in [6.45, 7) is 1.80. The Hall–Kier alpha value is -1.69. The van der Waals surface area contributed by atoms with E-state index in [1.807, 2.05) is 0 Å². The van der Waals surface area contributed by atoms with Gasteiger partial charge in [0.05, 0.1) is 5.69 Å². The molecule has 0 radical (unpaired) electrons. The molecule has 110 valence electrons. The number of hydrogen-bond acceptors (Lipinski definition) is 2. The zero-order valence-electron chi connectivity index (χ0n) is 11.1. The molecular weight excluding hydrogens is 266 g/mol. The van der Waals surface area contributed by atoms with Crippen LogP contribution in [0.5, 0.6) is 0 Å². The first-order valence-corrected chi connectivity index (χ1v) is 6.73. The summed E-state index contributed by atoms with van der Waals surface area (Å²) in [4.78, 5) is 11.5. The van der Waals surface area contributed by atoms with Crippen molar-refractivity contribution in [3.05, 3.63) is 29.8 Å². The van der Waals surface area contributed by atoms with Crippen molar-refractivity contribution >= 4 is 11.7 Å². The first-order chi connectivity index (χ1) is 9.65. The van der Waals surface area contributed by atoms with E-state index in [-0.39, 0.29) is 5.69 Å². The van der Waals surface area contributed by atoms with E-state index < -0.39 is 17.7 Å². The van der Waals surface area contributed by atoms with Gasteiger partial charge < -0.3 is 15.4 Å². The lowest BCUT2D eigenvalue weighted by molar-refractivity contribution is 0.122. The minimum absolute atomic E-state index is 0.174. The predicted octanol–water partition coefficient (Wildman–Crippen LogP) is 2.90. The van der Waals surface area contributed by atoms with Crippen LogP contribution in [0.2, 0.25) is 0 Å². The molecule has 1 aliphatic rings. The maximum Gasteiger partial charge on any atom is 0.319 e. The van der Waals surface area contributed by atoms with Gasteiger partial charge in [-0.25, -0.2) is 13.6 Å². The summed E-state index contributed by atoms with van der Waals surface area (Å²) in [5.41, 5.74) is -0.174. The first-order valence-electron chi connectivity index (χ1n) is 6.73. The minimum Gasteiger partial charge on any atom is -0.381 e. The molecule has 2 rings (SSSR count). The zero-order valence-corrected chi connectivity index (χ0v) is 11.1. The fraction of sp³-hybridized carbons (Fsp3) is 0.500. The fourth-order valence-corrected chi connectivity index (χ4v) is 1.67. The third-order valence-corrected chi connectivity index (χ3v) is 2.98. The number of carbonyl (C=O) groups is 1. The van der Waals surface area contributed by atoms with Gasteiger partial charge in [0.15, 0.2) is 0 Å². The number of amides is 2. The van der Waals surface area contributed by atoms with Crippen LogP contribution in [0.25, 0.3) is 0 Å². The highest BCUT2D eigenvalue weighted by molar-refractivity contribution is 5.89. The maximum absolute atomic E-state index is 13.3. The van der Waals surface area contributed by atoms with Gasteiger partial charge in [0, 0.05) is 25.8 Å². The molecule has 0 heterocycles. The number of anilines is 1. The SMILES string of the molecule is O=C(NCCCOCC1CC1)Nc1cc(F)ccc1F.